The van der Waals surface area contributed by atoms with Crippen LogP contribution >= 0.6 is 0 Å². The topological polar surface area (TPSA) is 122 Å². The first-order valence-electron chi connectivity index (χ1n) is 11.4. The van der Waals surface area contributed by atoms with Gasteiger partial charge >= 0.3 is 0 Å². The highest BCUT2D eigenvalue weighted by Crippen LogP contribution is 2.26. The number of carbonyl (C=O) groups is 2. The Morgan fingerprint density at radius 1 is 1.00 bits per heavy atom. The first kappa shape index (κ1) is 24.2. The summed E-state index contributed by atoms with van der Waals surface area (Å²) in [6.45, 7) is 4.54. The number of hydrogen-bond donors (Lipinski definition) is 2. The van der Waals surface area contributed by atoms with E-state index < -0.39 is 10.0 Å². The fourth-order valence-electron chi connectivity index (χ4n) is 4.33. The van der Waals surface area contributed by atoms with Gasteiger partial charge < -0.3 is 20.7 Å². The molecule has 0 saturated carbocycles. The van der Waals surface area contributed by atoms with Crippen molar-refractivity contribution in [3.8, 4) is 0 Å². The summed E-state index contributed by atoms with van der Waals surface area (Å²) in [7, 11) is -3.71. The van der Waals surface area contributed by atoms with Crippen molar-refractivity contribution in [2.75, 3.05) is 49.6 Å². The largest absolute Gasteiger partial charge is 0.379 e. The molecule has 0 spiro atoms. The Labute approximate surface area is 199 Å². The van der Waals surface area contributed by atoms with Crippen LogP contribution in [-0.4, -0.2) is 63.9 Å². The third-order valence-electron chi connectivity index (χ3n) is 6.43. The standard InChI is InChI=1S/C24H30N4O5S/c1-17-2-3-19(16-22(17)34(31,32)28-12-14-33-15-13-28)24(30)26-20-4-6-21(7-5-20)27-10-8-18(9-11-27)23(25)29/h2-7,16,18H,8-15H2,1H3,(H2,25,29)(H,26,30). The van der Waals surface area contributed by atoms with Gasteiger partial charge in [0.25, 0.3) is 5.91 Å². The van der Waals surface area contributed by atoms with Crippen molar-refractivity contribution < 1.29 is 22.7 Å². The minimum absolute atomic E-state index is 0.0683. The van der Waals surface area contributed by atoms with Crippen molar-refractivity contribution in [3.63, 3.8) is 0 Å². The Kier molecular flexibility index (Phi) is 7.20. The number of nitrogens with zero attached hydrogens (tertiary/aromatic N) is 2. The lowest BCUT2D eigenvalue weighted by Crippen LogP contribution is -2.40. The van der Waals surface area contributed by atoms with Crippen LogP contribution < -0.4 is 16.0 Å². The third kappa shape index (κ3) is 5.24. The molecule has 182 valence electrons. The molecule has 34 heavy (non-hydrogen) atoms. The van der Waals surface area contributed by atoms with Gasteiger partial charge in [0.05, 0.1) is 18.1 Å². The molecule has 4 rings (SSSR count). The minimum Gasteiger partial charge on any atom is -0.379 e. The molecule has 3 N–H and O–H groups in total. The van der Waals surface area contributed by atoms with Crippen LogP contribution in [-0.2, 0) is 19.6 Å². The number of amides is 2. The number of carbonyl (C=O) groups excluding carboxylic acids is 2. The van der Waals surface area contributed by atoms with Gasteiger partial charge in [0, 0.05) is 49.0 Å². The molecule has 2 saturated heterocycles. The Bertz CT molecular complexity index is 1150. The van der Waals surface area contributed by atoms with E-state index in [2.05, 4.69) is 10.2 Å². The van der Waals surface area contributed by atoms with Crippen LogP contribution in [0.3, 0.4) is 0 Å². The molecule has 2 aliphatic heterocycles. The van der Waals surface area contributed by atoms with Gasteiger partial charge in [-0.1, -0.05) is 6.07 Å². The van der Waals surface area contributed by atoms with E-state index >= 15 is 0 Å². The van der Waals surface area contributed by atoms with E-state index in [1.807, 2.05) is 24.3 Å². The second-order valence-electron chi connectivity index (χ2n) is 8.66. The number of sulfonamides is 1. The lowest BCUT2D eigenvalue weighted by Gasteiger charge is -2.32. The number of benzene rings is 2. The Balaban J connectivity index is 1.44. The molecule has 2 aromatic carbocycles. The first-order valence-corrected chi connectivity index (χ1v) is 12.8. The SMILES string of the molecule is Cc1ccc(C(=O)Nc2ccc(N3CCC(C(N)=O)CC3)cc2)cc1S(=O)(=O)N1CCOCC1. The summed E-state index contributed by atoms with van der Waals surface area (Å²) in [4.78, 5) is 26.6. The molecule has 2 aliphatic rings. The van der Waals surface area contributed by atoms with Crippen LogP contribution in [0.4, 0.5) is 11.4 Å². The van der Waals surface area contributed by atoms with E-state index in [0.29, 0.717) is 37.6 Å². The predicted octanol–water partition coefficient (Wildman–Crippen LogP) is 1.97. The summed E-state index contributed by atoms with van der Waals surface area (Å²) in [6.07, 6.45) is 1.47. The highest BCUT2D eigenvalue weighted by molar-refractivity contribution is 7.89. The van der Waals surface area contributed by atoms with Crippen molar-refractivity contribution in [1.29, 1.82) is 0 Å². The maximum Gasteiger partial charge on any atom is 0.255 e. The van der Waals surface area contributed by atoms with Crippen LogP contribution in [0.25, 0.3) is 0 Å². The van der Waals surface area contributed by atoms with E-state index in [1.165, 1.54) is 10.4 Å². The molecule has 0 aromatic heterocycles. The maximum atomic E-state index is 13.1. The zero-order valence-corrected chi connectivity index (χ0v) is 20.0. The molecule has 0 unspecified atom stereocenters. The van der Waals surface area contributed by atoms with E-state index in [1.54, 1.807) is 19.1 Å². The molecule has 10 heteroatoms. The van der Waals surface area contributed by atoms with Crippen molar-refractivity contribution in [1.82, 2.24) is 4.31 Å². The zero-order valence-electron chi connectivity index (χ0n) is 19.2. The number of nitrogens with two attached hydrogens (primary N) is 1. The molecular formula is C24H30N4O5S. The number of hydrogen-bond acceptors (Lipinski definition) is 6. The number of primary amides is 1. The Morgan fingerprint density at radius 3 is 2.26 bits per heavy atom. The van der Waals surface area contributed by atoms with E-state index in [4.69, 9.17) is 10.5 Å². The van der Waals surface area contributed by atoms with Crippen molar-refractivity contribution in [2.45, 2.75) is 24.7 Å². The van der Waals surface area contributed by atoms with Crippen molar-refractivity contribution in [2.24, 2.45) is 11.7 Å². The number of ether oxygens (including phenoxy) is 1. The van der Waals surface area contributed by atoms with Gasteiger partial charge in [-0.05, 0) is 61.7 Å². The second kappa shape index (κ2) is 10.1. The van der Waals surface area contributed by atoms with Gasteiger partial charge in [-0.25, -0.2) is 8.42 Å². The van der Waals surface area contributed by atoms with Crippen molar-refractivity contribution >= 4 is 33.2 Å². The number of morpholine rings is 1. The average molecular weight is 487 g/mol. The highest BCUT2D eigenvalue weighted by atomic mass is 32.2. The molecule has 2 amide bonds. The number of piperidine rings is 1. The zero-order chi connectivity index (χ0) is 24.3. The normalized spacial score (nSPS) is 18.0. The summed E-state index contributed by atoms with van der Waals surface area (Å²) in [5.41, 5.74) is 7.89. The Morgan fingerprint density at radius 2 is 1.65 bits per heavy atom. The molecule has 2 aromatic rings. The van der Waals surface area contributed by atoms with E-state index in [-0.39, 0.29) is 28.2 Å². The summed E-state index contributed by atoms with van der Waals surface area (Å²) in [6, 6.07) is 12.2. The summed E-state index contributed by atoms with van der Waals surface area (Å²) in [5, 5.41) is 2.84. The Hall–Kier alpha value is -2.95. The fraction of sp³-hybridized carbons (Fsp3) is 0.417. The lowest BCUT2D eigenvalue weighted by molar-refractivity contribution is -0.122. The van der Waals surface area contributed by atoms with Gasteiger partial charge in [-0.3, -0.25) is 9.59 Å². The number of anilines is 2. The van der Waals surface area contributed by atoms with Gasteiger partial charge in [0.1, 0.15) is 0 Å². The summed E-state index contributed by atoms with van der Waals surface area (Å²) < 4.78 is 32.8. The average Bonchev–Trinajstić information content (AvgIpc) is 2.85. The lowest BCUT2D eigenvalue weighted by atomic mass is 9.96. The molecule has 9 nitrogen and oxygen atoms in total. The summed E-state index contributed by atoms with van der Waals surface area (Å²) >= 11 is 0. The maximum absolute atomic E-state index is 13.1. The monoisotopic (exact) mass is 486 g/mol. The fourth-order valence-corrected chi connectivity index (χ4v) is 5.99. The van der Waals surface area contributed by atoms with E-state index in [0.717, 1.165) is 31.6 Å². The summed E-state index contributed by atoms with van der Waals surface area (Å²) in [5.74, 6) is -0.690. The van der Waals surface area contributed by atoms with Gasteiger partial charge in [-0.15, -0.1) is 0 Å². The predicted molar refractivity (Wildman–Crippen MR) is 129 cm³/mol. The van der Waals surface area contributed by atoms with Crippen LogP contribution in [0.5, 0.6) is 0 Å². The molecule has 0 aliphatic carbocycles. The van der Waals surface area contributed by atoms with Gasteiger partial charge in [-0.2, -0.15) is 4.31 Å². The van der Waals surface area contributed by atoms with Gasteiger partial charge in [0.2, 0.25) is 15.9 Å². The second-order valence-corrected chi connectivity index (χ2v) is 10.6. The molecule has 2 fully saturated rings. The molecular weight excluding hydrogens is 456 g/mol. The van der Waals surface area contributed by atoms with Crippen LogP contribution in [0.2, 0.25) is 0 Å². The molecule has 0 bridgehead atoms. The van der Waals surface area contributed by atoms with Crippen LogP contribution in [0.1, 0.15) is 28.8 Å². The highest BCUT2D eigenvalue weighted by Gasteiger charge is 2.28. The van der Waals surface area contributed by atoms with E-state index in [9.17, 15) is 18.0 Å². The number of rotatable bonds is 6. The number of nitrogens with one attached hydrogen (secondary N) is 1. The van der Waals surface area contributed by atoms with Gasteiger partial charge in [0.15, 0.2) is 0 Å². The smallest absolute Gasteiger partial charge is 0.255 e. The molecule has 0 atom stereocenters. The first-order chi connectivity index (χ1) is 16.3. The quantitative estimate of drug-likeness (QED) is 0.644. The number of aryl methyl sites for hydroxylation is 1. The third-order valence-corrected chi connectivity index (χ3v) is 8.47. The van der Waals surface area contributed by atoms with Crippen molar-refractivity contribution in [3.05, 3.63) is 53.6 Å². The molecule has 2 heterocycles. The molecule has 0 radical (unpaired) electrons. The van der Waals surface area contributed by atoms with Crippen LogP contribution in [0.15, 0.2) is 47.4 Å². The van der Waals surface area contributed by atoms with Crippen LogP contribution in [0, 0.1) is 12.8 Å². The minimum atomic E-state index is -3.71.